The van der Waals surface area contributed by atoms with Gasteiger partial charge in [-0.3, -0.25) is 4.79 Å². The molecule has 2 heterocycles. The molecule has 0 saturated carbocycles. The van der Waals surface area contributed by atoms with Gasteiger partial charge >= 0.3 is 12.4 Å². The van der Waals surface area contributed by atoms with Crippen molar-refractivity contribution in [3.63, 3.8) is 0 Å². The number of fused-ring (bicyclic) bond motifs is 1. The number of alkyl halides is 6. The van der Waals surface area contributed by atoms with Gasteiger partial charge in [-0.05, 0) is 18.6 Å². The Hall–Kier alpha value is -3.02. The molecule has 2 aromatic rings. The Morgan fingerprint density at radius 1 is 1.21 bits per heavy atom. The molecule has 0 saturated heterocycles. The molecule has 0 spiro atoms. The zero-order valence-corrected chi connectivity index (χ0v) is 17.9. The molecule has 33 heavy (non-hydrogen) atoms. The van der Waals surface area contributed by atoms with Crippen molar-refractivity contribution in [1.82, 2.24) is 19.9 Å². The van der Waals surface area contributed by atoms with Crippen LogP contribution in [0.3, 0.4) is 0 Å². The molecule has 1 aliphatic rings. The average molecular weight is 494 g/mol. The first-order valence-corrected chi connectivity index (χ1v) is 9.95. The van der Waals surface area contributed by atoms with E-state index in [-0.39, 0.29) is 41.5 Å². The topological polar surface area (TPSA) is 62.5 Å². The van der Waals surface area contributed by atoms with E-state index in [1.807, 2.05) is 0 Å². The summed E-state index contributed by atoms with van der Waals surface area (Å²) in [5.74, 6) is -1.27. The third-order valence-corrected chi connectivity index (χ3v) is 5.22. The molecule has 13 heteroatoms. The van der Waals surface area contributed by atoms with E-state index >= 15 is 0 Å². The summed E-state index contributed by atoms with van der Waals surface area (Å²) < 4.78 is 82.2. The summed E-state index contributed by atoms with van der Waals surface area (Å²) in [6.45, 7) is 1.06. The van der Waals surface area contributed by atoms with Gasteiger partial charge in [-0.2, -0.15) is 31.4 Å². The number of carbonyl (C=O) groups excluding carboxylic acids is 1. The number of aromatic nitrogens is 2. The molecular weight excluding hydrogens is 476 g/mol. The van der Waals surface area contributed by atoms with Crippen LogP contribution in [-0.2, 0) is 36.7 Å². The largest absolute Gasteiger partial charge is 0.449 e. The molecule has 0 radical (unpaired) electrons. The second-order valence-electron chi connectivity index (χ2n) is 7.16. The van der Waals surface area contributed by atoms with Gasteiger partial charge in [0, 0.05) is 30.2 Å². The number of nitrogens with zero attached hydrogens (tertiary/aromatic N) is 4. The van der Waals surface area contributed by atoms with Gasteiger partial charge in [-0.15, -0.1) is 0 Å². The Bertz CT molecular complexity index is 1090. The minimum absolute atomic E-state index is 0.0706. The van der Waals surface area contributed by atoms with Crippen LogP contribution in [0.5, 0.6) is 0 Å². The molecule has 3 rings (SSSR count). The number of hydrogen-bond donors (Lipinski definition) is 1. The van der Waals surface area contributed by atoms with Crippen LogP contribution >= 0.6 is 11.6 Å². The molecule has 0 aliphatic carbocycles. The first-order chi connectivity index (χ1) is 15.4. The number of halogens is 7. The molecule has 178 valence electrons. The monoisotopic (exact) mass is 493 g/mol. The van der Waals surface area contributed by atoms with Gasteiger partial charge in [-0.25, -0.2) is 10.4 Å². The lowest BCUT2D eigenvalue weighted by Gasteiger charge is -2.30. The van der Waals surface area contributed by atoms with Crippen molar-refractivity contribution in [2.75, 3.05) is 6.54 Å². The molecule has 0 bridgehead atoms. The van der Waals surface area contributed by atoms with Gasteiger partial charge in [0.1, 0.15) is 0 Å². The normalized spacial score (nSPS) is 15.5. The van der Waals surface area contributed by atoms with Crippen molar-refractivity contribution in [2.24, 2.45) is 5.10 Å². The highest BCUT2D eigenvalue weighted by Gasteiger charge is 2.41. The smallest absolute Gasteiger partial charge is 0.363 e. The lowest BCUT2D eigenvalue weighted by Crippen LogP contribution is -2.32. The second kappa shape index (κ2) is 9.46. The van der Waals surface area contributed by atoms with Crippen LogP contribution in [0.2, 0.25) is 0 Å². The SMILES string of the molecule is C/C(Cl)=C(\C=N/NC=O)N1CCc2c(nc(C(F)(F)F)n2Cc2ccccc2C(F)(F)F)C1. The van der Waals surface area contributed by atoms with E-state index in [0.29, 0.717) is 12.1 Å². The van der Waals surface area contributed by atoms with E-state index in [1.165, 1.54) is 18.3 Å². The molecule has 0 fully saturated rings. The Labute approximate surface area is 189 Å². The number of carbonyl (C=O) groups is 1. The van der Waals surface area contributed by atoms with Crippen LogP contribution in [0.4, 0.5) is 26.3 Å². The third-order valence-electron chi connectivity index (χ3n) is 5.03. The van der Waals surface area contributed by atoms with Crippen LogP contribution in [0.1, 0.15) is 35.3 Å². The maximum Gasteiger partial charge on any atom is 0.449 e. The van der Waals surface area contributed by atoms with Gasteiger partial charge in [0.25, 0.3) is 0 Å². The van der Waals surface area contributed by atoms with E-state index in [2.05, 4.69) is 15.5 Å². The number of amides is 1. The quantitative estimate of drug-likeness (QED) is 0.278. The van der Waals surface area contributed by atoms with Crippen LogP contribution < -0.4 is 5.43 Å². The number of imidazole rings is 1. The first kappa shape index (κ1) is 24.6. The van der Waals surface area contributed by atoms with Crippen LogP contribution in [-0.4, -0.2) is 33.6 Å². The van der Waals surface area contributed by atoms with Gasteiger partial charge in [0.15, 0.2) is 0 Å². The first-order valence-electron chi connectivity index (χ1n) is 9.57. The van der Waals surface area contributed by atoms with Crippen LogP contribution in [0.15, 0.2) is 40.1 Å². The lowest BCUT2D eigenvalue weighted by molar-refractivity contribution is -0.147. The number of hydrogen-bond acceptors (Lipinski definition) is 4. The number of benzene rings is 1. The fourth-order valence-electron chi connectivity index (χ4n) is 3.66. The minimum atomic E-state index is -4.87. The minimum Gasteiger partial charge on any atom is -0.363 e. The van der Waals surface area contributed by atoms with Crippen molar-refractivity contribution < 1.29 is 31.1 Å². The predicted molar refractivity (Wildman–Crippen MR) is 108 cm³/mol. The number of allylic oxidation sites excluding steroid dienone is 2. The van der Waals surface area contributed by atoms with Crippen LogP contribution in [0.25, 0.3) is 0 Å². The summed E-state index contributed by atoms with van der Waals surface area (Å²) >= 11 is 6.08. The van der Waals surface area contributed by atoms with Crippen molar-refractivity contribution in [1.29, 1.82) is 0 Å². The lowest BCUT2D eigenvalue weighted by atomic mass is 10.1. The zero-order chi connectivity index (χ0) is 24.4. The molecular formula is C20H18ClF6N5O. The van der Waals surface area contributed by atoms with Crippen molar-refractivity contribution in [2.45, 2.75) is 38.8 Å². The maximum absolute atomic E-state index is 13.7. The summed E-state index contributed by atoms with van der Waals surface area (Å²) in [4.78, 5) is 15.7. The molecule has 1 aliphatic heterocycles. The summed E-state index contributed by atoms with van der Waals surface area (Å²) in [5.41, 5.74) is 1.43. The Balaban J connectivity index is 2.02. The van der Waals surface area contributed by atoms with E-state index in [9.17, 15) is 31.1 Å². The molecule has 1 amide bonds. The van der Waals surface area contributed by atoms with Crippen molar-refractivity contribution >= 4 is 24.2 Å². The summed E-state index contributed by atoms with van der Waals surface area (Å²) in [5, 5.41) is 3.94. The Morgan fingerprint density at radius 2 is 1.91 bits per heavy atom. The van der Waals surface area contributed by atoms with Gasteiger partial charge in [-0.1, -0.05) is 29.8 Å². The predicted octanol–water partition coefficient (Wildman–Crippen LogP) is 4.53. The Kier molecular flexibility index (Phi) is 7.06. The van der Waals surface area contributed by atoms with E-state index in [0.717, 1.165) is 16.7 Å². The molecule has 6 nitrogen and oxygen atoms in total. The summed E-state index contributed by atoms with van der Waals surface area (Å²) in [6.07, 6.45) is -7.91. The van der Waals surface area contributed by atoms with Gasteiger partial charge in [0.2, 0.25) is 12.2 Å². The number of rotatable bonds is 6. The van der Waals surface area contributed by atoms with E-state index in [4.69, 9.17) is 11.6 Å². The summed E-state index contributed by atoms with van der Waals surface area (Å²) in [7, 11) is 0. The summed E-state index contributed by atoms with van der Waals surface area (Å²) in [6, 6.07) is 4.51. The molecule has 0 unspecified atom stereocenters. The maximum atomic E-state index is 13.7. The number of nitrogens with one attached hydrogen (secondary N) is 1. The second-order valence-corrected chi connectivity index (χ2v) is 7.73. The average Bonchev–Trinajstić information content (AvgIpc) is 3.09. The van der Waals surface area contributed by atoms with Crippen molar-refractivity contribution in [3.8, 4) is 0 Å². The molecule has 1 aromatic heterocycles. The standard InChI is InChI=1S/C20H18ClF6N5O/c1-12(21)17(8-28-29-11-33)31-7-6-16-15(10-31)30-18(20(25,26)27)32(16)9-13-4-2-3-5-14(13)19(22,23)24/h2-5,8,11H,6-7,9-10H2,1H3,(H,29,33)/b17-12-,28-8-. The highest BCUT2D eigenvalue weighted by Crippen LogP contribution is 2.36. The highest BCUT2D eigenvalue weighted by atomic mass is 35.5. The highest BCUT2D eigenvalue weighted by molar-refractivity contribution is 6.30. The van der Waals surface area contributed by atoms with Gasteiger partial charge < -0.3 is 9.47 Å². The Morgan fingerprint density at radius 3 is 2.52 bits per heavy atom. The zero-order valence-electron chi connectivity index (χ0n) is 17.1. The number of hydrazone groups is 1. The van der Waals surface area contributed by atoms with E-state index in [1.54, 1.807) is 11.8 Å². The fraction of sp³-hybridized carbons (Fsp3) is 0.350. The fourth-order valence-corrected chi connectivity index (χ4v) is 3.83. The van der Waals surface area contributed by atoms with Crippen molar-refractivity contribution in [3.05, 3.63) is 63.3 Å². The molecule has 1 aromatic carbocycles. The third kappa shape index (κ3) is 5.49. The van der Waals surface area contributed by atoms with Gasteiger partial charge in [0.05, 0.1) is 29.7 Å². The van der Waals surface area contributed by atoms with E-state index < -0.39 is 30.3 Å². The van der Waals surface area contributed by atoms with Crippen LogP contribution in [0, 0.1) is 0 Å². The molecule has 0 atom stereocenters. The molecule has 1 N–H and O–H groups in total.